The number of para-hydroxylation sites is 1. The molecule has 0 amide bonds. The lowest BCUT2D eigenvalue weighted by Gasteiger charge is -2.18. The molecule has 0 saturated carbocycles. The Bertz CT molecular complexity index is 577. The van der Waals surface area contributed by atoms with E-state index in [0.717, 1.165) is 25.2 Å². The number of carbonyl (C=O) groups is 1. The van der Waals surface area contributed by atoms with Gasteiger partial charge in [0.2, 0.25) is 0 Å². The Morgan fingerprint density at radius 3 is 2.38 bits per heavy atom. The summed E-state index contributed by atoms with van der Waals surface area (Å²) in [6.45, 7) is 7.11. The quantitative estimate of drug-likeness (QED) is 0.597. The molecule has 0 heterocycles. The molecule has 0 saturated heterocycles. The molecular weight excluding hydrogens is 262 g/mol. The van der Waals surface area contributed by atoms with Crippen LogP contribution in [0.25, 0.3) is 0 Å². The molecule has 0 radical (unpaired) electrons. The lowest BCUT2D eigenvalue weighted by Crippen LogP contribution is -2.22. The van der Waals surface area contributed by atoms with E-state index in [-0.39, 0.29) is 5.97 Å². The predicted molar refractivity (Wildman–Crippen MR) is 84.5 cm³/mol. The molecule has 0 unspecified atom stereocenters. The molecule has 0 aliphatic carbocycles. The molecule has 0 atom stereocenters. The number of hydrogen-bond donors (Lipinski definition) is 0. The van der Waals surface area contributed by atoms with Crippen LogP contribution in [0, 0.1) is 0 Å². The van der Waals surface area contributed by atoms with Crippen LogP contribution in [0.3, 0.4) is 0 Å². The highest BCUT2D eigenvalue weighted by Crippen LogP contribution is 2.13. The maximum Gasteiger partial charge on any atom is 0.343 e. The lowest BCUT2D eigenvalue weighted by atomic mass is 10.1. The van der Waals surface area contributed by atoms with Gasteiger partial charge in [-0.1, -0.05) is 44.2 Å². The summed E-state index contributed by atoms with van der Waals surface area (Å²) in [5.41, 5.74) is 1.71. The number of hydrogen-bond acceptors (Lipinski definition) is 3. The zero-order chi connectivity index (χ0) is 15.1. The van der Waals surface area contributed by atoms with Crippen LogP contribution in [0.1, 0.15) is 29.8 Å². The van der Waals surface area contributed by atoms with Crippen molar-refractivity contribution in [2.24, 2.45) is 0 Å². The lowest BCUT2D eigenvalue weighted by molar-refractivity contribution is 0.0734. The standard InChI is InChI=1S/C18H21NO2/c1-3-19(4-2)14-15-9-8-10-16(13-15)18(20)21-17-11-6-5-7-12-17/h5-13H,3-4,14H2,1-2H3. The monoisotopic (exact) mass is 283 g/mol. The van der Waals surface area contributed by atoms with Crippen molar-refractivity contribution < 1.29 is 9.53 Å². The van der Waals surface area contributed by atoms with Crippen LogP contribution in [-0.2, 0) is 6.54 Å². The number of esters is 1. The average molecular weight is 283 g/mol. The summed E-state index contributed by atoms with van der Waals surface area (Å²) in [6, 6.07) is 16.8. The Kier molecular flexibility index (Phi) is 5.52. The van der Waals surface area contributed by atoms with Crippen LogP contribution in [0.4, 0.5) is 0 Å². The van der Waals surface area contributed by atoms with Crippen molar-refractivity contribution in [3.05, 3.63) is 65.7 Å². The summed E-state index contributed by atoms with van der Waals surface area (Å²) < 4.78 is 5.36. The van der Waals surface area contributed by atoms with Crippen molar-refractivity contribution in [1.82, 2.24) is 4.90 Å². The number of rotatable bonds is 6. The molecule has 110 valence electrons. The van der Waals surface area contributed by atoms with Crippen molar-refractivity contribution >= 4 is 5.97 Å². The fourth-order valence-electron chi connectivity index (χ4n) is 2.16. The Morgan fingerprint density at radius 2 is 1.71 bits per heavy atom. The van der Waals surface area contributed by atoms with E-state index in [2.05, 4.69) is 18.7 Å². The summed E-state index contributed by atoms with van der Waals surface area (Å²) >= 11 is 0. The van der Waals surface area contributed by atoms with Gasteiger partial charge >= 0.3 is 5.97 Å². The molecule has 0 spiro atoms. The second kappa shape index (κ2) is 7.60. The van der Waals surface area contributed by atoms with Crippen molar-refractivity contribution in [2.45, 2.75) is 20.4 Å². The van der Waals surface area contributed by atoms with Crippen LogP contribution in [-0.4, -0.2) is 24.0 Å². The van der Waals surface area contributed by atoms with Crippen molar-refractivity contribution in [3.63, 3.8) is 0 Å². The van der Waals surface area contributed by atoms with E-state index in [1.54, 1.807) is 18.2 Å². The van der Waals surface area contributed by atoms with E-state index in [4.69, 9.17) is 4.74 Å². The van der Waals surface area contributed by atoms with E-state index in [9.17, 15) is 4.79 Å². The topological polar surface area (TPSA) is 29.5 Å². The van der Waals surface area contributed by atoms with Gasteiger partial charge in [0.05, 0.1) is 5.56 Å². The highest BCUT2D eigenvalue weighted by molar-refractivity contribution is 5.91. The van der Waals surface area contributed by atoms with Crippen LogP contribution in [0.2, 0.25) is 0 Å². The first-order valence-corrected chi connectivity index (χ1v) is 7.31. The minimum Gasteiger partial charge on any atom is -0.423 e. The van der Waals surface area contributed by atoms with E-state index >= 15 is 0 Å². The molecule has 0 fully saturated rings. The molecule has 2 aromatic rings. The molecule has 21 heavy (non-hydrogen) atoms. The molecular formula is C18H21NO2. The third-order valence-electron chi connectivity index (χ3n) is 3.42. The highest BCUT2D eigenvalue weighted by atomic mass is 16.5. The van der Waals surface area contributed by atoms with Gasteiger partial charge in [0.25, 0.3) is 0 Å². The van der Waals surface area contributed by atoms with Gasteiger partial charge in [-0.25, -0.2) is 4.79 Å². The number of ether oxygens (including phenoxy) is 1. The zero-order valence-corrected chi connectivity index (χ0v) is 12.6. The van der Waals surface area contributed by atoms with Crippen LogP contribution >= 0.6 is 0 Å². The predicted octanol–water partition coefficient (Wildman–Crippen LogP) is 3.75. The first-order chi connectivity index (χ1) is 10.2. The third-order valence-corrected chi connectivity index (χ3v) is 3.42. The van der Waals surface area contributed by atoms with E-state index < -0.39 is 0 Å². The fraction of sp³-hybridized carbons (Fsp3) is 0.278. The summed E-state index contributed by atoms with van der Waals surface area (Å²) in [4.78, 5) is 14.5. The van der Waals surface area contributed by atoms with Crippen LogP contribution in [0.5, 0.6) is 5.75 Å². The minimum absolute atomic E-state index is 0.317. The van der Waals surface area contributed by atoms with Crippen molar-refractivity contribution in [3.8, 4) is 5.75 Å². The van der Waals surface area contributed by atoms with Gasteiger partial charge < -0.3 is 4.74 Å². The highest BCUT2D eigenvalue weighted by Gasteiger charge is 2.10. The molecule has 0 aliphatic heterocycles. The number of nitrogens with zero attached hydrogens (tertiary/aromatic N) is 1. The minimum atomic E-state index is -0.317. The van der Waals surface area contributed by atoms with E-state index in [0.29, 0.717) is 11.3 Å². The Labute approximate surface area is 126 Å². The smallest absolute Gasteiger partial charge is 0.343 e. The van der Waals surface area contributed by atoms with Crippen molar-refractivity contribution in [1.29, 1.82) is 0 Å². The molecule has 0 bridgehead atoms. The zero-order valence-electron chi connectivity index (χ0n) is 12.6. The Balaban J connectivity index is 2.08. The fourth-order valence-corrected chi connectivity index (χ4v) is 2.16. The van der Waals surface area contributed by atoms with Gasteiger partial charge in [-0.3, -0.25) is 4.90 Å². The van der Waals surface area contributed by atoms with Crippen LogP contribution in [0.15, 0.2) is 54.6 Å². The maximum absolute atomic E-state index is 12.2. The molecule has 3 heteroatoms. The van der Waals surface area contributed by atoms with Gasteiger partial charge in [0.1, 0.15) is 5.75 Å². The van der Waals surface area contributed by atoms with Gasteiger partial charge in [0.15, 0.2) is 0 Å². The molecule has 0 aliphatic rings. The average Bonchev–Trinajstić information content (AvgIpc) is 2.54. The first kappa shape index (κ1) is 15.3. The summed E-state index contributed by atoms with van der Waals surface area (Å²) in [5.74, 6) is 0.249. The molecule has 2 rings (SSSR count). The second-order valence-electron chi connectivity index (χ2n) is 4.86. The normalized spacial score (nSPS) is 10.6. The first-order valence-electron chi connectivity index (χ1n) is 7.31. The molecule has 0 N–H and O–H groups in total. The van der Waals surface area contributed by atoms with Crippen molar-refractivity contribution in [2.75, 3.05) is 13.1 Å². The maximum atomic E-state index is 12.2. The summed E-state index contributed by atoms with van der Waals surface area (Å²) in [7, 11) is 0. The van der Waals surface area contributed by atoms with E-state index in [1.807, 2.05) is 36.4 Å². The van der Waals surface area contributed by atoms with E-state index in [1.165, 1.54) is 0 Å². The van der Waals surface area contributed by atoms with Gasteiger partial charge in [0, 0.05) is 6.54 Å². The number of benzene rings is 2. The van der Waals surface area contributed by atoms with Gasteiger partial charge in [-0.05, 0) is 42.9 Å². The Morgan fingerprint density at radius 1 is 1.00 bits per heavy atom. The summed E-state index contributed by atoms with van der Waals surface area (Å²) in [6.07, 6.45) is 0. The van der Waals surface area contributed by atoms with Gasteiger partial charge in [-0.2, -0.15) is 0 Å². The number of carbonyl (C=O) groups excluding carboxylic acids is 1. The Hall–Kier alpha value is -2.13. The SMILES string of the molecule is CCN(CC)Cc1cccc(C(=O)Oc2ccccc2)c1. The third kappa shape index (κ3) is 4.43. The molecule has 2 aromatic carbocycles. The molecule has 0 aromatic heterocycles. The summed E-state index contributed by atoms with van der Waals surface area (Å²) in [5, 5.41) is 0. The largest absolute Gasteiger partial charge is 0.423 e. The second-order valence-corrected chi connectivity index (χ2v) is 4.86. The van der Waals surface area contributed by atoms with Gasteiger partial charge in [-0.15, -0.1) is 0 Å². The molecule has 3 nitrogen and oxygen atoms in total. The van der Waals surface area contributed by atoms with Crippen LogP contribution < -0.4 is 4.74 Å².